The van der Waals surface area contributed by atoms with Crippen LogP contribution in [0.1, 0.15) is 12.0 Å². The fraction of sp³-hybridized carbons (Fsp3) is 0.214. The maximum atomic E-state index is 10.3. The molecule has 0 aliphatic heterocycles. The Kier molecular flexibility index (Phi) is 3.60. The Labute approximate surface area is 100 Å². The number of rotatable bonds is 4. The maximum absolute atomic E-state index is 10.3. The van der Waals surface area contributed by atoms with Crippen LogP contribution in [-0.4, -0.2) is 17.7 Å². The lowest BCUT2D eigenvalue weighted by molar-refractivity contribution is 0.194. The fourth-order valence-electron chi connectivity index (χ4n) is 1.98. The van der Waals surface area contributed by atoms with Crippen molar-refractivity contribution in [3.05, 3.63) is 48.0 Å². The molecule has 0 heterocycles. The van der Waals surface area contributed by atoms with Crippen molar-refractivity contribution in [2.75, 3.05) is 6.54 Å². The minimum Gasteiger partial charge on any atom is -0.465 e. The standard InChI is InChI=1S/C14H15NO2/c16-14(17)15-10-4-8-12-7-3-6-11-5-1-2-9-13(11)12/h1-3,5-7,9,15H,4,8,10H2,(H,16,17). The summed E-state index contributed by atoms with van der Waals surface area (Å²) in [5, 5.41) is 13.3. The summed E-state index contributed by atoms with van der Waals surface area (Å²) in [6.07, 6.45) is 0.755. The minimum absolute atomic E-state index is 0.499. The molecule has 2 N–H and O–H groups in total. The summed E-state index contributed by atoms with van der Waals surface area (Å²) >= 11 is 0. The molecule has 0 spiro atoms. The molecule has 0 saturated heterocycles. The van der Waals surface area contributed by atoms with Gasteiger partial charge in [-0.25, -0.2) is 4.79 Å². The molecule has 2 aromatic rings. The van der Waals surface area contributed by atoms with Crippen molar-refractivity contribution >= 4 is 16.9 Å². The second-order valence-corrected chi connectivity index (χ2v) is 3.97. The second-order valence-electron chi connectivity index (χ2n) is 3.97. The largest absolute Gasteiger partial charge is 0.465 e. The van der Waals surface area contributed by atoms with E-state index in [2.05, 4.69) is 29.6 Å². The number of nitrogens with one attached hydrogen (secondary N) is 1. The van der Waals surface area contributed by atoms with Crippen molar-refractivity contribution in [3.63, 3.8) is 0 Å². The van der Waals surface area contributed by atoms with E-state index in [-0.39, 0.29) is 0 Å². The minimum atomic E-state index is -0.956. The van der Waals surface area contributed by atoms with Gasteiger partial charge in [0, 0.05) is 6.54 Å². The van der Waals surface area contributed by atoms with Crippen molar-refractivity contribution in [2.45, 2.75) is 12.8 Å². The van der Waals surface area contributed by atoms with E-state index in [0.29, 0.717) is 6.54 Å². The molecule has 0 aliphatic rings. The van der Waals surface area contributed by atoms with Gasteiger partial charge in [-0.3, -0.25) is 0 Å². The fourth-order valence-corrected chi connectivity index (χ4v) is 1.98. The van der Waals surface area contributed by atoms with Crippen LogP contribution >= 0.6 is 0 Å². The van der Waals surface area contributed by atoms with Crippen LogP contribution in [0, 0.1) is 0 Å². The Hall–Kier alpha value is -2.03. The highest BCUT2D eigenvalue weighted by Crippen LogP contribution is 2.19. The molecular weight excluding hydrogens is 214 g/mol. The summed E-state index contributed by atoms with van der Waals surface area (Å²) in [6.45, 7) is 0.499. The van der Waals surface area contributed by atoms with E-state index in [1.54, 1.807) is 0 Å². The third-order valence-electron chi connectivity index (χ3n) is 2.78. The highest BCUT2D eigenvalue weighted by atomic mass is 16.4. The van der Waals surface area contributed by atoms with Crippen LogP contribution in [0.4, 0.5) is 4.79 Å². The summed E-state index contributed by atoms with van der Waals surface area (Å²) in [5.41, 5.74) is 1.27. The van der Waals surface area contributed by atoms with Crippen molar-refractivity contribution in [2.24, 2.45) is 0 Å². The van der Waals surface area contributed by atoms with Crippen LogP contribution in [0.5, 0.6) is 0 Å². The van der Waals surface area contributed by atoms with Crippen LogP contribution in [0.15, 0.2) is 42.5 Å². The van der Waals surface area contributed by atoms with Gasteiger partial charge in [0.05, 0.1) is 0 Å². The molecule has 0 aromatic heterocycles. The quantitative estimate of drug-likeness (QED) is 0.792. The van der Waals surface area contributed by atoms with E-state index in [1.807, 2.05) is 18.2 Å². The zero-order valence-corrected chi connectivity index (χ0v) is 9.52. The molecule has 0 saturated carbocycles. The molecule has 0 fully saturated rings. The van der Waals surface area contributed by atoms with Gasteiger partial charge in [0.15, 0.2) is 0 Å². The van der Waals surface area contributed by atoms with E-state index in [4.69, 9.17) is 5.11 Å². The average Bonchev–Trinajstić information content (AvgIpc) is 2.34. The molecule has 0 aliphatic carbocycles. The number of fused-ring (bicyclic) bond motifs is 1. The molecule has 2 rings (SSSR count). The average molecular weight is 229 g/mol. The third-order valence-corrected chi connectivity index (χ3v) is 2.78. The van der Waals surface area contributed by atoms with Crippen molar-refractivity contribution < 1.29 is 9.90 Å². The lowest BCUT2D eigenvalue weighted by atomic mass is 10.0. The molecule has 0 atom stereocenters. The van der Waals surface area contributed by atoms with Crippen LogP contribution < -0.4 is 5.32 Å². The van der Waals surface area contributed by atoms with Gasteiger partial charge in [-0.2, -0.15) is 0 Å². The first kappa shape index (κ1) is 11.5. The molecule has 0 unspecified atom stereocenters. The number of aryl methyl sites for hydroxylation is 1. The van der Waals surface area contributed by atoms with E-state index in [1.165, 1.54) is 16.3 Å². The summed E-state index contributed by atoms with van der Waals surface area (Å²) in [4.78, 5) is 10.3. The van der Waals surface area contributed by atoms with Gasteiger partial charge >= 0.3 is 6.09 Å². The Morgan fingerprint density at radius 3 is 2.71 bits per heavy atom. The molecule has 0 radical (unpaired) electrons. The first-order chi connectivity index (χ1) is 8.27. The Morgan fingerprint density at radius 1 is 1.12 bits per heavy atom. The topological polar surface area (TPSA) is 49.3 Å². The van der Waals surface area contributed by atoms with E-state index in [0.717, 1.165) is 12.8 Å². The smallest absolute Gasteiger partial charge is 0.404 e. The van der Waals surface area contributed by atoms with Gasteiger partial charge in [0.1, 0.15) is 0 Å². The number of hydrogen-bond acceptors (Lipinski definition) is 1. The molecule has 17 heavy (non-hydrogen) atoms. The first-order valence-electron chi connectivity index (χ1n) is 5.71. The van der Waals surface area contributed by atoms with E-state index in [9.17, 15) is 4.79 Å². The number of hydrogen-bond donors (Lipinski definition) is 2. The predicted molar refractivity (Wildman–Crippen MR) is 68.3 cm³/mol. The summed E-state index contributed by atoms with van der Waals surface area (Å²) in [7, 11) is 0. The Balaban J connectivity index is 2.05. The first-order valence-corrected chi connectivity index (χ1v) is 5.71. The summed E-state index contributed by atoms with van der Waals surface area (Å²) < 4.78 is 0. The Bertz CT molecular complexity index is 517. The monoisotopic (exact) mass is 229 g/mol. The van der Waals surface area contributed by atoms with Gasteiger partial charge in [0.25, 0.3) is 0 Å². The molecule has 3 heteroatoms. The Morgan fingerprint density at radius 2 is 1.88 bits per heavy atom. The normalized spacial score (nSPS) is 10.4. The predicted octanol–water partition coefficient (Wildman–Crippen LogP) is 3.04. The number of benzene rings is 2. The van der Waals surface area contributed by atoms with Gasteiger partial charge in [-0.05, 0) is 29.2 Å². The summed E-state index contributed by atoms with van der Waals surface area (Å²) in [5.74, 6) is 0. The van der Waals surface area contributed by atoms with Gasteiger partial charge < -0.3 is 10.4 Å². The molecule has 88 valence electrons. The molecule has 1 amide bonds. The van der Waals surface area contributed by atoms with Crippen LogP contribution in [-0.2, 0) is 6.42 Å². The van der Waals surface area contributed by atoms with Crippen molar-refractivity contribution in [1.29, 1.82) is 0 Å². The van der Waals surface area contributed by atoms with E-state index < -0.39 is 6.09 Å². The maximum Gasteiger partial charge on any atom is 0.404 e. The zero-order valence-electron chi connectivity index (χ0n) is 9.52. The molecular formula is C14H15NO2. The second kappa shape index (κ2) is 5.34. The van der Waals surface area contributed by atoms with E-state index >= 15 is 0 Å². The van der Waals surface area contributed by atoms with Crippen LogP contribution in [0.25, 0.3) is 10.8 Å². The number of carbonyl (C=O) groups is 1. The van der Waals surface area contributed by atoms with Crippen molar-refractivity contribution in [1.82, 2.24) is 5.32 Å². The molecule has 3 nitrogen and oxygen atoms in total. The lowest BCUT2D eigenvalue weighted by Gasteiger charge is -2.06. The molecule has 2 aromatic carbocycles. The number of amides is 1. The van der Waals surface area contributed by atoms with Gasteiger partial charge in [-0.15, -0.1) is 0 Å². The van der Waals surface area contributed by atoms with Crippen LogP contribution in [0.2, 0.25) is 0 Å². The zero-order chi connectivity index (χ0) is 12.1. The summed E-state index contributed by atoms with van der Waals surface area (Å²) in [6, 6.07) is 14.5. The molecule has 0 bridgehead atoms. The lowest BCUT2D eigenvalue weighted by Crippen LogP contribution is -2.22. The van der Waals surface area contributed by atoms with Crippen LogP contribution in [0.3, 0.4) is 0 Å². The van der Waals surface area contributed by atoms with Gasteiger partial charge in [0.2, 0.25) is 0 Å². The van der Waals surface area contributed by atoms with Crippen molar-refractivity contribution in [3.8, 4) is 0 Å². The third kappa shape index (κ3) is 2.97. The number of carboxylic acid groups (broad SMARTS) is 1. The van der Waals surface area contributed by atoms with Gasteiger partial charge in [-0.1, -0.05) is 42.5 Å². The SMILES string of the molecule is O=C(O)NCCCc1cccc2ccccc12. The highest BCUT2D eigenvalue weighted by molar-refractivity contribution is 5.85. The highest BCUT2D eigenvalue weighted by Gasteiger charge is 2.00.